The highest BCUT2D eigenvalue weighted by molar-refractivity contribution is 5.97. The van der Waals surface area contributed by atoms with Gasteiger partial charge in [-0.1, -0.05) is 17.3 Å². The highest BCUT2D eigenvalue weighted by Crippen LogP contribution is 2.15. The summed E-state index contributed by atoms with van der Waals surface area (Å²) in [7, 11) is 3.24. The van der Waals surface area contributed by atoms with Crippen LogP contribution in [-0.2, 0) is 16.0 Å². The predicted octanol–water partition coefficient (Wildman–Crippen LogP) is 1.02. The van der Waals surface area contributed by atoms with Crippen LogP contribution in [0.2, 0.25) is 0 Å². The van der Waals surface area contributed by atoms with Gasteiger partial charge >= 0.3 is 0 Å². The largest absolute Gasteiger partial charge is 0.409 e. The second kappa shape index (κ2) is 9.28. The topological polar surface area (TPSA) is 80.3 Å². The van der Waals surface area contributed by atoms with Gasteiger partial charge in [0.15, 0.2) is 5.84 Å². The smallest absolute Gasteiger partial charge is 0.173 e. The summed E-state index contributed by atoms with van der Waals surface area (Å²) in [5, 5.41) is 11.5. The number of amidine groups is 1. The van der Waals surface area contributed by atoms with Crippen LogP contribution in [0.4, 0.5) is 4.39 Å². The Morgan fingerprint density at radius 1 is 1.29 bits per heavy atom. The number of halogens is 1. The Kier molecular flexibility index (Phi) is 7.66. The number of hydrogen-bond acceptors (Lipinski definition) is 5. The molecule has 0 saturated heterocycles. The van der Waals surface area contributed by atoms with E-state index in [1.165, 1.54) is 6.07 Å². The number of rotatable bonds is 9. The molecule has 0 aliphatic rings. The van der Waals surface area contributed by atoms with Crippen molar-refractivity contribution in [2.24, 2.45) is 10.9 Å². The molecular weight excluding hydrogens is 277 g/mol. The van der Waals surface area contributed by atoms with Gasteiger partial charge in [0.2, 0.25) is 0 Å². The highest BCUT2D eigenvalue weighted by atomic mass is 19.1. The first-order valence-electron chi connectivity index (χ1n) is 6.59. The number of benzene rings is 1. The zero-order valence-corrected chi connectivity index (χ0v) is 12.4. The lowest BCUT2D eigenvalue weighted by molar-refractivity contribution is 0.109. The minimum atomic E-state index is -0.479. The van der Waals surface area contributed by atoms with Gasteiger partial charge in [-0.3, -0.25) is 4.90 Å². The monoisotopic (exact) mass is 299 g/mol. The maximum atomic E-state index is 14.4. The number of hydrogen-bond donors (Lipinski definition) is 2. The van der Waals surface area contributed by atoms with Crippen LogP contribution in [0.15, 0.2) is 23.4 Å². The summed E-state index contributed by atoms with van der Waals surface area (Å²) in [6.45, 7) is 2.81. The van der Waals surface area contributed by atoms with E-state index >= 15 is 0 Å². The molecule has 0 spiro atoms. The van der Waals surface area contributed by atoms with Crippen LogP contribution in [0.1, 0.15) is 11.1 Å². The number of methoxy groups -OCH3 is 2. The van der Waals surface area contributed by atoms with Gasteiger partial charge in [0, 0.05) is 39.4 Å². The molecule has 0 fully saturated rings. The minimum Gasteiger partial charge on any atom is -0.409 e. The maximum absolute atomic E-state index is 14.4. The zero-order valence-electron chi connectivity index (χ0n) is 12.4. The Bertz CT molecular complexity index is 461. The summed E-state index contributed by atoms with van der Waals surface area (Å²) >= 11 is 0. The molecule has 118 valence electrons. The van der Waals surface area contributed by atoms with E-state index < -0.39 is 5.82 Å². The highest BCUT2D eigenvalue weighted by Gasteiger charge is 2.14. The average molecular weight is 299 g/mol. The molecule has 0 unspecified atom stereocenters. The van der Waals surface area contributed by atoms with Crippen molar-refractivity contribution in [1.29, 1.82) is 0 Å². The van der Waals surface area contributed by atoms with Gasteiger partial charge in [0.25, 0.3) is 0 Å². The first-order chi connectivity index (χ1) is 10.1. The molecule has 0 saturated carbocycles. The van der Waals surface area contributed by atoms with Crippen LogP contribution >= 0.6 is 0 Å². The zero-order chi connectivity index (χ0) is 15.7. The summed E-state index contributed by atoms with van der Waals surface area (Å²) in [5.74, 6) is -0.720. The first-order valence-corrected chi connectivity index (χ1v) is 6.59. The van der Waals surface area contributed by atoms with E-state index in [4.69, 9.17) is 20.4 Å². The quantitative estimate of drug-likeness (QED) is 0.308. The van der Waals surface area contributed by atoms with Crippen LogP contribution in [0.5, 0.6) is 0 Å². The Hall–Kier alpha value is -1.70. The van der Waals surface area contributed by atoms with Gasteiger partial charge in [0.05, 0.1) is 18.8 Å². The van der Waals surface area contributed by atoms with Crippen LogP contribution in [0, 0.1) is 5.82 Å². The van der Waals surface area contributed by atoms with E-state index in [0.717, 1.165) is 0 Å². The molecule has 0 atom stereocenters. The molecule has 21 heavy (non-hydrogen) atoms. The summed E-state index contributed by atoms with van der Waals surface area (Å²) < 4.78 is 24.5. The van der Waals surface area contributed by atoms with Crippen molar-refractivity contribution in [2.75, 3.05) is 40.5 Å². The molecule has 6 nitrogen and oxygen atoms in total. The van der Waals surface area contributed by atoms with Crippen molar-refractivity contribution < 1.29 is 19.1 Å². The van der Waals surface area contributed by atoms with E-state index in [-0.39, 0.29) is 11.4 Å². The standard InChI is InChI=1S/C14H22FN3O3/c1-20-8-6-18(7-9-21-2)10-11-4-3-5-12(13(11)15)14(16)17-19/h3-5,19H,6-10H2,1-2H3,(H2,16,17). The Morgan fingerprint density at radius 2 is 1.90 bits per heavy atom. The van der Waals surface area contributed by atoms with Gasteiger partial charge < -0.3 is 20.4 Å². The van der Waals surface area contributed by atoms with Gasteiger partial charge in [0.1, 0.15) is 5.82 Å². The van der Waals surface area contributed by atoms with E-state index in [1.807, 2.05) is 4.90 Å². The molecule has 3 N–H and O–H groups in total. The molecule has 0 heterocycles. The van der Waals surface area contributed by atoms with Crippen LogP contribution in [0.25, 0.3) is 0 Å². The molecule has 1 aromatic rings. The van der Waals surface area contributed by atoms with E-state index in [1.54, 1.807) is 26.4 Å². The van der Waals surface area contributed by atoms with E-state index in [2.05, 4.69) is 5.16 Å². The third kappa shape index (κ3) is 5.30. The van der Waals surface area contributed by atoms with Crippen molar-refractivity contribution in [3.8, 4) is 0 Å². The fourth-order valence-electron chi connectivity index (χ4n) is 1.91. The summed E-state index contributed by atoms with van der Waals surface area (Å²) in [5.41, 5.74) is 6.03. The number of oxime groups is 1. The molecule has 0 aliphatic carbocycles. The van der Waals surface area contributed by atoms with Gasteiger partial charge in [-0.15, -0.1) is 0 Å². The minimum absolute atomic E-state index is 0.0911. The van der Waals surface area contributed by atoms with Crippen LogP contribution in [0.3, 0.4) is 0 Å². The molecule has 0 bridgehead atoms. The number of nitrogens with two attached hydrogens (primary N) is 1. The van der Waals surface area contributed by atoms with Crippen LogP contribution in [-0.4, -0.2) is 56.5 Å². The Labute approximate surface area is 123 Å². The van der Waals surface area contributed by atoms with E-state index in [0.29, 0.717) is 38.4 Å². The first kappa shape index (κ1) is 17.4. The number of ether oxygens (including phenoxy) is 2. The van der Waals surface area contributed by atoms with Gasteiger partial charge in [-0.05, 0) is 6.07 Å². The number of nitrogens with zero attached hydrogens (tertiary/aromatic N) is 2. The second-order valence-corrected chi connectivity index (χ2v) is 4.53. The molecule has 7 heteroatoms. The summed E-state index contributed by atoms with van der Waals surface area (Å²) in [4.78, 5) is 2.02. The summed E-state index contributed by atoms with van der Waals surface area (Å²) in [6, 6.07) is 4.83. The van der Waals surface area contributed by atoms with E-state index in [9.17, 15) is 4.39 Å². The van der Waals surface area contributed by atoms with Gasteiger partial charge in [-0.2, -0.15) is 0 Å². The normalized spacial score (nSPS) is 12.1. The molecule has 0 aliphatic heterocycles. The average Bonchev–Trinajstić information content (AvgIpc) is 2.50. The maximum Gasteiger partial charge on any atom is 0.173 e. The van der Waals surface area contributed by atoms with Crippen molar-refractivity contribution in [3.63, 3.8) is 0 Å². The van der Waals surface area contributed by atoms with Crippen LogP contribution < -0.4 is 5.73 Å². The SMILES string of the molecule is COCCN(CCOC)Cc1cccc(/C(N)=N/O)c1F. The lowest BCUT2D eigenvalue weighted by Crippen LogP contribution is -2.31. The lowest BCUT2D eigenvalue weighted by Gasteiger charge is -2.22. The molecule has 1 rings (SSSR count). The Morgan fingerprint density at radius 3 is 2.43 bits per heavy atom. The van der Waals surface area contributed by atoms with Gasteiger partial charge in [-0.25, -0.2) is 4.39 Å². The predicted molar refractivity (Wildman–Crippen MR) is 77.9 cm³/mol. The molecule has 1 aromatic carbocycles. The summed E-state index contributed by atoms with van der Waals surface area (Å²) in [6.07, 6.45) is 0. The molecule has 0 radical (unpaired) electrons. The fraction of sp³-hybridized carbons (Fsp3) is 0.500. The van der Waals surface area contributed by atoms with Crippen molar-refractivity contribution in [3.05, 3.63) is 35.1 Å². The molecular formula is C14H22FN3O3. The van der Waals surface area contributed by atoms with Crippen molar-refractivity contribution >= 4 is 5.84 Å². The third-order valence-corrected chi connectivity index (χ3v) is 3.08. The molecule has 0 amide bonds. The molecule has 0 aromatic heterocycles. The lowest BCUT2D eigenvalue weighted by atomic mass is 10.1. The second-order valence-electron chi connectivity index (χ2n) is 4.53. The Balaban J connectivity index is 2.87. The fourth-order valence-corrected chi connectivity index (χ4v) is 1.91. The van der Waals surface area contributed by atoms with Crippen molar-refractivity contribution in [1.82, 2.24) is 4.90 Å². The third-order valence-electron chi connectivity index (χ3n) is 3.08. The van der Waals surface area contributed by atoms with Crippen molar-refractivity contribution in [2.45, 2.75) is 6.54 Å².